The molecule has 5 heteroatoms. The zero-order valence-corrected chi connectivity index (χ0v) is 14.9. The number of carboxylic acids is 1. The van der Waals surface area contributed by atoms with Crippen LogP contribution in [0.2, 0.25) is 0 Å². The van der Waals surface area contributed by atoms with Crippen molar-refractivity contribution in [3.8, 4) is 0 Å². The fraction of sp³-hybridized carbons (Fsp3) is 0.571. The number of aliphatic hydroxyl groups is 2. The molecule has 0 bridgehead atoms. The van der Waals surface area contributed by atoms with Crippen molar-refractivity contribution < 1.29 is 24.5 Å². The van der Waals surface area contributed by atoms with E-state index in [0.29, 0.717) is 19.3 Å². The molecule has 1 fully saturated rings. The van der Waals surface area contributed by atoms with Crippen LogP contribution in [0.1, 0.15) is 67.2 Å². The van der Waals surface area contributed by atoms with Gasteiger partial charge < -0.3 is 15.3 Å². The van der Waals surface area contributed by atoms with Crippen LogP contribution in [0.15, 0.2) is 30.4 Å². The lowest BCUT2D eigenvalue weighted by atomic mass is 9.84. The van der Waals surface area contributed by atoms with Crippen LogP contribution in [-0.2, 0) is 11.2 Å². The summed E-state index contributed by atoms with van der Waals surface area (Å²) in [4.78, 5) is 10.5. The van der Waals surface area contributed by atoms with E-state index in [9.17, 15) is 19.4 Å². The molecule has 3 N–H and O–H groups in total. The highest BCUT2D eigenvalue weighted by atomic mass is 19.1. The first-order chi connectivity index (χ1) is 12.5. The summed E-state index contributed by atoms with van der Waals surface area (Å²) >= 11 is 0. The van der Waals surface area contributed by atoms with Gasteiger partial charge in [-0.3, -0.25) is 4.79 Å². The van der Waals surface area contributed by atoms with Gasteiger partial charge in [0.2, 0.25) is 0 Å². The highest BCUT2D eigenvalue weighted by Gasteiger charge is 2.43. The third kappa shape index (κ3) is 4.15. The molecule has 4 nitrogen and oxygen atoms in total. The average Bonchev–Trinajstić information content (AvgIpc) is 3.10. The van der Waals surface area contributed by atoms with E-state index >= 15 is 0 Å². The fourth-order valence-electron chi connectivity index (χ4n) is 4.39. The van der Waals surface area contributed by atoms with Crippen LogP contribution in [0.5, 0.6) is 0 Å². The Bertz CT molecular complexity index is 672. The maximum atomic E-state index is 14.5. The highest BCUT2D eigenvalue weighted by Crippen LogP contribution is 2.45. The number of halogens is 1. The number of aliphatic carboxylic acids is 1. The predicted octanol–water partition coefficient (Wildman–Crippen LogP) is 3.67. The summed E-state index contributed by atoms with van der Waals surface area (Å²) in [5.41, 5.74) is 3.01. The Morgan fingerprint density at radius 1 is 1.27 bits per heavy atom. The number of hydrogen-bond donors (Lipinski definition) is 3. The van der Waals surface area contributed by atoms with E-state index in [0.717, 1.165) is 29.5 Å². The summed E-state index contributed by atoms with van der Waals surface area (Å²) < 4.78 is 14.5. The van der Waals surface area contributed by atoms with Crippen molar-refractivity contribution in [2.75, 3.05) is 0 Å². The lowest BCUT2D eigenvalue weighted by molar-refractivity contribution is -0.137. The molecule has 0 aromatic heterocycles. The van der Waals surface area contributed by atoms with Crippen LogP contribution in [0, 0.1) is 5.92 Å². The molecule has 0 aliphatic heterocycles. The van der Waals surface area contributed by atoms with Crippen molar-refractivity contribution in [3.05, 3.63) is 47.0 Å². The van der Waals surface area contributed by atoms with Crippen LogP contribution < -0.4 is 0 Å². The van der Waals surface area contributed by atoms with Crippen molar-refractivity contribution >= 4 is 5.97 Å². The molecule has 1 aromatic carbocycles. The van der Waals surface area contributed by atoms with Gasteiger partial charge in [-0.05, 0) is 48.8 Å². The van der Waals surface area contributed by atoms with Gasteiger partial charge in [0.05, 0.1) is 12.2 Å². The molecule has 0 radical (unpaired) electrons. The van der Waals surface area contributed by atoms with E-state index in [1.54, 1.807) is 0 Å². The maximum Gasteiger partial charge on any atom is 0.303 e. The third-order valence-electron chi connectivity index (χ3n) is 5.74. The topological polar surface area (TPSA) is 77.8 Å². The van der Waals surface area contributed by atoms with Crippen LogP contribution in [-0.4, -0.2) is 33.6 Å². The van der Waals surface area contributed by atoms with Crippen molar-refractivity contribution in [3.63, 3.8) is 0 Å². The van der Waals surface area contributed by atoms with E-state index in [1.165, 1.54) is 0 Å². The average molecular weight is 362 g/mol. The van der Waals surface area contributed by atoms with Crippen molar-refractivity contribution in [2.24, 2.45) is 5.92 Å². The second-order valence-electron chi connectivity index (χ2n) is 7.51. The summed E-state index contributed by atoms with van der Waals surface area (Å²) in [6.07, 6.45) is 5.30. The van der Waals surface area contributed by atoms with Crippen LogP contribution in [0.3, 0.4) is 0 Å². The molecule has 2 aliphatic carbocycles. The van der Waals surface area contributed by atoms with Gasteiger partial charge in [-0.1, -0.05) is 30.4 Å². The van der Waals surface area contributed by atoms with Crippen molar-refractivity contribution in [1.29, 1.82) is 0 Å². The molecule has 0 saturated heterocycles. The molecule has 1 saturated carbocycles. The number of fused-ring (bicyclic) bond motifs is 1. The number of aryl methyl sites for hydroxylation is 1. The van der Waals surface area contributed by atoms with Gasteiger partial charge in [0.1, 0.15) is 6.17 Å². The first kappa shape index (κ1) is 19.1. The number of carbonyl (C=O) groups is 1. The lowest BCUT2D eigenvalue weighted by Gasteiger charge is -2.23. The number of allylic oxidation sites excluding steroid dienone is 2. The Labute approximate surface area is 153 Å². The summed E-state index contributed by atoms with van der Waals surface area (Å²) in [6, 6.07) is 5.86. The van der Waals surface area contributed by atoms with Gasteiger partial charge >= 0.3 is 5.97 Å². The van der Waals surface area contributed by atoms with Gasteiger partial charge in [-0.15, -0.1) is 0 Å². The standard InChI is InChI=1S/C21H27FO4/c22-17-12-19(24)21(16(17)5-3-1-2-4-6-20(25)26)14-7-9-15-13(11-14)8-10-18(15)23/h1,3,7,9,11,16-19,21,23-24H,2,4-6,8,10,12H2,(H,25,26)/b3-1-/t16-,17?,18?,19+,21+/m0/s1. The van der Waals surface area contributed by atoms with E-state index in [-0.39, 0.29) is 24.7 Å². The molecule has 0 heterocycles. The van der Waals surface area contributed by atoms with Crippen molar-refractivity contribution in [2.45, 2.75) is 69.2 Å². The predicted molar refractivity (Wildman–Crippen MR) is 96.7 cm³/mol. The van der Waals surface area contributed by atoms with Gasteiger partial charge in [0.15, 0.2) is 0 Å². The zero-order chi connectivity index (χ0) is 18.7. The highest BCUT2D eigenvalue weighted by molar-refractivity contribution is 5.66. The monoisotopic (exact) mass is 362 g/mol. The van der Waals surface area contributed by atoms with E-state index in [2.05, 4.69) is 0 Å². The Morgan fingerprint density at radius 2 is 2.08 bits per heavy atom. The van der Waals surface area contributed by atoms with Crippen LogP contribution >= 0.6 is 0 Å². The van der Waals surface area contributed by atoms with Gasteiger partial charge in [-0.25, -0.2) is 4.39 Å². The first-order valence-corrected chi connectivity index (χ1v) is 9.47. The number of aliphatic hydroxyl groups excluding tert-OH is 2. The second kappa shape index (κ2) is 8.31. The summed E-state index contributed by atoms with van der Waals surface area (Å²) in [7, 11) is 0. The summed E-state index contributed by atoms with van der Waals surface area (Å²) in [6.45, 7) is 0. The number of unbranched alkanes of at least 4 members (excludes halogenated alkanes) is 1. The minimum Gasteiger partial charge on any atom is -0.481 e. The first-order valence-electron chi connectivity index (χ1n) is 9.47. The summed E-state index contributed by atoms with van der Waals surface area (Å²) in [5.74, 6) is -1.32. The molecule has 2 aliphatic rings. The SMILES string of the molecule is O=C(O)CCC/C=C\C[C@H]1C(F)C[C@@H](O)[C@@H]1c1ccc2c(c1)CCC2O. The Kier molecular flexibility index (Phi) is 6.09. The molecule has 0 spiro atoms. The molecule has 1 aromatic rings. The quantitative estimate of drug-likeness (QED) is 0.511. The molecule has 142 valence electrons. The lowest BCUT2D eigenvalue weighted by Crippen LogP contribution is -2.18. The van der Waals surface area contributed by atoms with Gasteiger partial charge in [0.25, 0.3) is 0 Å². The molecular weight excluding hydrogens is 335 g/mol. The molecule has 2 unspecified atom stereocenters. The van der Waals surface area contributed by atoms with Crippen LogP contribution in [0.25, 0.3) is 0 Å². The molecule has 3 rings (SSSR count). The smallest absolute Gasteiger partial charge is 0.303 e. The van der Waals surface area contributed by atoms with E-state index in [4.69, 9.17) is 5.11 Å². The number of hydrogen-bond acceptors (Lipinski definition) is 3. The number of alkyl halides is 1. The minimum atomic E-state index is -1.04. The largest absolute Gasteiger partial charge is 0.481 e. The summed E-state index contributed by atoms with van der Waals surface area (Å²) in [5, 5.41) is 29.0. The second-order valence-corrected chi connectivity index (χ2v) is 7.51. The number of benzene rings is 1. The zero-order valence-electron chi connectivity index (χ0n) is 14.9. The van der Waals surface area contributed by atoms with E-state index < -0.39 is 24.3 Å². The molecular formula is C21H27FO4. The minimum absolute atomic E-state index is 0.141. The maximum absolute atomic E-state index is 14.5. The Balaban J connectivity index is 1.67. The fourth-order valence-corrected chi connectivity index (χ4v) is 4.39. The Hall–Kier alpha value is -1.72. The number of carboxylic acid groups (broad SMARTS) is 1. The number of rotatable bonds is 7. The van der Waals surface area contributed by atoms with Gasteiger partial charge in [-0.2, -0.15) is 0 Å². The van der Waals surface area contributed by atoms with Crippen molar-refractivity contribution in [1.82, 2.24) is 0 Å². The molecule has 0 amide bonds. The normalized spacial score (nSPS) is 30.8. The molecule has 26 heavy (non-hydrogen) atoms. The van der Waals surface area contributed by atoms with Gasteiger partial charge in [0, 0.05) is 24.7 Å². The van der Waals surface area contributed by atoms with Crippen LogP contribution in [0.4, 0.5) is 4.39 Å². The Morgan fingerprint density at radius 3 is 2.85 bits per heavy atom. The van der Waals surface area contributed by atoms with E-state index in [1.807, 2.05) is 30.4 Å². The molecule has 5 atom stereocenters. The third-order valence-corrected chi connectivity index (χ3v) is 5.74.